The average Bonchev–Trinajstić information content (AvgIpc) is 2.46. The Balaban J connectivity index is 1.95. The molecule has 0 aliphatic rings. The Morgan fingerprint density at radius 1 is 1.06 bits per heavy atom. The van der Waals surface area contributed by atoms with Crippen LogP contribution in [0.4, 0.5) is 5.69 Å². The molecule has 2 nitrogen and oxygen atoms in total. The van der Waals surface area contributed by atoms with Crippen LogP contribution in [0.3, 0.4) is 0 Å². The topological polar surface area (TPSA) is 35.8 Å². The molecule has 0 bridgehead atoms. The normalized spacial score (nSPS) is 9.78. The molecule has 90 valence electrons. The zero-order valence-corrected chi connectivity index (χ0v) is 11.0. The van der Waals surface area contributed by atoms with Gasteiger partial charge in [-0.25, -0.2) is 0 Å². The number of nitrogens with zero attached hydrogens (tertiary/aromatic N) is 1. The molecule has 0 radical (unpaired) electrons. The number of nitriles is 1. The van der Waals surface area contributed by atoms with E-state index in [9.17, 15) is 0 Å². The Bertz CT molecular complexity index is 538. The van der Waals surface area contributed by atoms with Gasteiger partial charge in [-0.05, 0) is 48.2 Å². The number of benzene rings is 2. The molecule has 0 aromatic heterocycles. The van der Waals surface area contributed by atoms with E-state index in [1.54, 1.807) is 11.8 Å². The lowest BCUT2D eigenvalue weighted by Gasteiger charge is -2.07. The van der Waals surface area contributed by atoms with Gasteiger partial charge in [-0.3, -0.25) is 0 Å². The van der Waals surface area contributed by atoms with Crippen molar-refractivity contribution in [3.8, 4) is 6.07 Å². The molecule has 2 rings (SSSR count). The summed E-state index contributed by atoms with van der Waals surface area (Å²) in [6.45, 7) is 0.768. The average molecular weight is 254 g/mol. The highest BCUT2D eigenvalue weighted by Gasteiger charge is 1.96. The maximum atomic E-state index is 8.72. The lowest BCUT2D eigenvalue weighted by molar-refractivity contribution is 1.14. The van der Waals surface area contributed by atoms with Crippen molar-refractivity contribution >= 4 is 17.4 Å². The first-order valence-corrected chi connectivity index (χ1v) is 6.91. The van der Waals surface area contributed by atoms with Crippen molar-refractivity contribution < 1.29 is 0 Å². The summed E-state index contributed by atoms with van der Waals surface area (Å²) in [6.07, 6.45) is 2.07. The first-order chi connectivity index (χ1) is 8.81. The Kier molecular flexibility index (Phi) is 4.27. The van der Waals surface area contributed by atoms with E-state index in [1.807, 2.05) is 24.3 Å². The third kappa shape index (κ3) is 3.28. The van der Waals surface area contributed by atoms with Gasteiger partial charge < -0.3 is 5.32 Å². The van der Waals surface area contributed by atoms with Crippen LogP contribution < -0.4 is 5.32 Å². The molecule has 0 unspecified atom stereocenters. The molecule has 0 heterocycles. The molecule has 0 spiro atoms. The number of hydrogen-bond acceptors (Lipinski definition) is 3. The molecule has 1 N–H and O–H groups in total. The van der Waals surface area contributed by atoms with Crippen LogP contribution in [0.15, 0.2) is 53.4 Å². The number of nitrogens with one attached hydrogen (secondary N) is 1. The molecule has 18 heavy (non-hydrogen) atoms. The molecule has 0 aliphatic heterocycles. The van der Waals surface area contributed by atoms with Crippen LogP contribution in [0.1, 0.15) is 11.1 Å². The highest BCUT2D eigenvalue weighted by Crippen LogP contribution is 2.18. The highest BCUT2D eigenvalue weighted by atomic mass is 32.2. The predicted octanol–water partition coefficient (Wildman–Crippen LogP) is 3.89. The van der Waals surface area contributed by atoms with Crippen LogP contribution in [0.5, 0.6) is 0 Å². The second kappa shape index (κ2) is 6.13. The van der Waals surface area contributed by atoms with E-state index < -0.39 is 0 Å². The Labute approximate surface area is 112 Å². The van der Waals surface area contributed by atoms with Crippen molar-refractivity contribution in [2.24, 2.45) is 0 Å². The third-order valence-corrected chi connectivity index (χ3v) is 3.41. The van der Waals surface area contributed by atoms with E-state index in [-0.39, 0.29) is 0 Å². The Morgan fingerprint density at radius 2 is 1.72 bits per heavy atom. The van der Waals surface area contributed by atoms with Gasteiger partial charge in [-0.15, -0.1) is 11.8 Å². The van der Waals surface area contributed by atoms with E-state index in [1.165, 1.54) is 10.5 Å². The lowest BCUT2D eigenvalue weighted by atomic mass is 10.1. The van der Waals surface area contributed by atoms with Crippen molar-refractivity contribution in [2.75, 3.05) is 11.6 Å². The molecule has 0 aliphatic carbocycles. The maximum absolute atomic E-state index is 8.72. The quantitative estimate of drug-likeness (QED) is 0.841. The highest BCUT2D eigenvalue weighted by molar-refractivity contribution is 7.98. The Hall–Kier alpha value is -1.92. The molecule has 2 aromatic rings. The largest absolute Gasteiger partial charge is 0.381 e. The van der Waals surface area contributed by atoms with Gasteiger partial charge in [0.1, 0.15) is 0 Å². The van der Waals surface area contributed by atoms with Crippen LogP contribution in [-0.2, 0) is 6.54 Å². The second-order valence-corrected chi connectivity index (χ2v) is 4.77. The molecule has 2 aromatic carbocycles. The molecular formula is C15H14N2S. The summed E-state index contributed by atoms with van der Waals surface area (Å²) >= 11 is 1.74. The van der Waals surface area contributed by atoms with Crippen LogP contribution in [-0.4, -0.2) is 6.26 Å². The number of rotatable bonds is 4. The fraction of sp³-hybridized carbons (Fsp3) is 0.133. The minimum absolute atomic E-state index is 0.697. The molecule has 0 saturated carbocycles. The molecule has 0 atom stereocenters. The van der Waals surface area contributed by atoms with Gasteiger partial charge in [0.15, 0.2) is 0 Å². The van der Waals surface area contributed by atoms with Gasteiger partial charge in [-0.2, -0.15) is 5.26 Å². The van der Waals surface area contributed by atoms with E-state index in [4.69, 9.17) is 5.26 Å². The van der Waals surface area contributed by atoms with Crippen LogP contribution in [0.25, 0.3) is 0 Å². The van der Waals surface area contributed by atoms with Crippen molar-refractivity contribution in [1.29, 1.82) is 5.26 Å². The van der Waals surface area contributed by atoms with Gasteiger partial charge >= 0.3 is 0 Å². The summed E-state index contributed by atoms with van der Waals surface area (Å²) in [4.78, 5) is 1.26. The molecule has 0 fully saturated rings. The molecule has 3 heteroatoms. The van der Waals surface area contributed by atoms with Crippen molar-refractivity contribution in [2.45, 2.75) is 11.4 Å². The lowest BCUT2D eigenvalue weighted by Crippen LogP contribution is -1.98. The fourth-order valence-corrected chi connectivity index (χ4v) is 2.02. The van der Waals surface area contributed by atoms with Gasteiger partial charge in [0.2, 0.25) is 0 Å². The summed E-state index contributed by atoms with van der Waals surface area (Å²) in [7, 11) is 0. The maximum Gasteiger partial charge on any atom is 0.0991 e. The van der Waals surface area contributed by atoms with Crippen molar-refractivity contribution in [3.05, 3.63) is 59.7 Å². The summed E-state index contributed by atoms with van der Waals surface area (Å²) < 4.78 is 0. The number of thioether (sulfide) groups is 1. The minimum atomic E-state index is 0.697. The molecule has 0 saturated heterocycles. The van der Waals surface area contributed by atoms with Crippen LogP contribution >= 0.6 is 11.8 Å². The minimum Gasteiger partial charge on any atom is -0.381 e. The number of hydrogen-bond donors (Lipinski definition) is 1. The van der Waals surface area contributed by atoms with Crippen LogP contribution in [0, 0.1) is 11.3 Å². The number of anilines is 1. The third-order valence-electron chi connectivity index (χ3n) is 2.67. The van der Waals surface area contributed by atoms with Crippen LogP contribution in [0.2, 0.25) is 0 Å². The van der Waals surface area contributed by atoms with E-state index in [0.717, 1.165) is 12.2 Å². The summed E-state index contributed by atoms with van der Waals surface area (Å²) in [5.74, 6) is 0. The SMILES string of the molecule is CSc1ccc(NCc2ccc(C#N)cc2)cc1. The van der Waals surface area contributed by atoms with E-state index >= 15 is 0 Å². The van der Waals surface area contributed by atoms with Gasteiger partial charge in [0.25, 0.3) is 0 Å². The first kappa shape index (κ1) is 12.5. The zero-order chi connectivity index (χ0) is 12.8. The summed E-state index contributed by atoms with van der Waals surface area (Å²) in [5, 5.41) is 12.1. The van der Waals surface area contributed by atoms with E-state index in [2.05, 4.69) is 41.9 Å². The fourth-order valence-electron chi connectivity index (χ4n) is 1.61. The molecular weight excluding hydrogens is 240 g/mol. The van der Waals surface area contributed by atoms with Crippen molar-refractivity contribution in [1.82, 2.24) is 0 Å². The second-order valence-electron chi connectivity index (χ2n) is 3.89. The van der Waals surface area contributed by atoms with Gasteiger partial charge in [0.05, 0.1) is 11.6 Å². The summed E-state index contributed by atoms with van der Waals surface area (Å²) in [5.41, 5.74) is 2.98. The zero-order valence-electron chi connectivity index (χ0n) is 10.2. The monoisotopic (exact) mass is 254 g/mol. The molecule has 0 amide bonds. The van der Waals surface area contributed by atoms with Gasteiger partial charge in [-0.1, -0.05) is 12.1 Å². The van der Waals surface area contributed by atoms with Crippen molar-refractivity contribution in [3.63, 3.8) is 0 Å². The first-order valence-electron chi connectivity index (χ1n) is 5.69. The summed E-state index contributed by atoms with van der Waals surface area (Å²) in [6, 6.07) is 18.1. The van der Waals surface area contributed by atoms with E-state index in [0.29, 0.717) is 5.56 Å². The Morgan fingerprint density at radius 3 is 2.28 bits per heavy atom. The van der Waals surface area contributed by atoms with Gasteiger partial charge in [0, 0.05) is 17.1 Å². The standard InChI is InChI=1S/C15H14N2S/c1-18-15-8-6-14(7-9-15)17-11-13-4-2-12(10-16)3-5-13/h2-9,17H,11H2,1H3. The predicted molar refractivity (Wildman–Crippen MR) is 76.7 cm³/mol. The smallest absolute Gasteiger partial charge is 0.0991 e.